The molecule has 1 aliphatic heterocycles. The first kappa shape index (κ1) is 8.35. The van der Waals surface area contributed by atoms with Gasteiger partial charge in [0.25, 0.3) is 0 Å². The van der Waals surface area contributed by atoms with Crippen LogP contribution in [0.5, 0.6) is 5.75 Å². The number of benzene rings is 1. The number of hydrogen-bond donors (Lipinski definition) is 0. The average Bonchev–Trinajstić information content (AvgIpc) is 2.21. The maximum Gasteiger partial charge on any atom is 0.126 e. The van der Waals surface area contributed by atoms with Crippen LogP contribution in [0.25, 0.3) is 6.08 Å². The Morgan fingerprint density at radius 1 is 1.25 bits per heavy atom. The van der Waals surface area contributed by atoms with Crippen molar-refractivity contribution in [3.63, 3.8) is 0 Å². The Kier molecular flexibility index (Phi) is 2.92. The number of para-hydroxylation sites is 1. The zero-order valence-electron chi connectivity index (χ0n) is 6.60. The number of nitrogens with zero attached hydrogens (tertiary/aromatic N) is 1. The van der Waals surface area contributed by atoms with E-state index < -0.39 is 0 Å². The number of fused-ring (bicyclic) bond motifs is 1. The van der Waals surface area contributed by atoms with Crippen molar-refractivity contribution >= 4 is 6.08 Å². The van der Waals surface area contributed by atoms with Gasteiger partial charge in [-0.3, -0.25) is 0 Å². The highest BCUT2D eigenvalue weighted by atomic mass is 16.5. The summed E-state index contributed by atoms with van der Waals surface area (Å²) in [6.07, 6.45) is 4.10. The van der Waals surface area contributed by atoms with Crippen molar-refractivity contribution in [3.8, 4) is 12.3 Å². The summed E-state index contributed by atoms with van der Waals surface area (Å²) < 4.78 is 5.34. The van der Waals surface area contributed by atoms with Crippen molar-refractivity contribution in [3.05, 3.63) is 35.9 Å². The minimum absolute atomic E-state index is 0.705. The molecule has 0 fully saturated rings. The summed E-state index contributed by atoms with van der Waals surface area (Å²) >= 11 is 0. The third-order valence-electron chi connectivity index (χ3n) is 1.55. The highest BCUT2D eigenvalue weighted by Gasteiger charge is 2.01. The van der Waals surface area contributed by atoms with Crippen molar-refractivity contribution in [2.24, 2.45) is 0 Å². The minimum Gasteiger partial charge on any atom is -0.489 e. The molecule has 0 aromatic heterocycles. The molecule has 1 aromatic carbocycles. The van der Waals surface area contributed by atoms with Crippen molar-refractivity contribution in [1.29, 1.82) is 5.26 Å². The number of hydrogen-bond acceptors (Lipinski definition) is 2. The van der Waals surface area contributed by atoms with Crippen LogP contribution in [0.2, 0.25) is 0 Å². The predicted molar refractivity (Wildman–Crippen MR) is 47.6 cm³/mol. The second-order valence-electron chi connectivity index (χ2n) is 2.25. The molecule has 2 rings (SSSR count). The van der Waals surface area contributed by atoms with Crippen LogP contribution in [0.3, 0.4) is 0 Å². The smallest absolute Gasteiger partial charge is 0.126 e. The van der Waals surface area contributed by atoms with Gasteiger partial charge in [-0.25, -0.2) is 5.26 Å². The van der Waals surface area contributed by atoms with Gasteiger partial charge in [0.05, 0.1) is 0 Å². The fraction of sp³-hybridized carbons (Fsp3) is 0.100. The Morgan fingerprint density at radius 3 is 2.75 bits per heavy atom. The molecule has 0 spiro atoms. The van der Waals surface area contributed by atoms with Crippen LogP contribution in [0.15, 0.2) is 30.3 Å². The molecule has 60 valence electrons. The second kappa shape index (κ2) is 4.20. The highest BCUT2D eigenvalue weighted by Crippen LogP contribution is 2.21. The third-order valence-corrected chi connectivity index (χ3v) is 1.55. The van der Waals surface area contributed by atoms with Crippen LogP contribution in [-0.4, -0.2) is 6.61 Å². The van der Waals surface area contributed by atoms with E-state index in [0.29, 0.717) is 6.61 Å². The number of nitriles is 1. The fourth-order valence-corrected chi connectivity index (χ4v) is 1.06. The van der Waals surface area contributed by atoms with E-state index >= 15 is 0 Å². The first-order chi connectivity index (χ1) is 5.97. The van der Waals surface area contributed by atoms with E-state index in [1.54, 1.807) is 0 Å². The standard InChI is InChI=1S/C9H8O.CHN/c1-2-6-9-8(4-1)5-3-7-10-9;1-2/h1-6H,7H2;1H. The highest BCUT2D eigenvalue weighted by molar-refractivity contribution is 5.58. The van der Waals surface area contributed by atoms with E-state index in [0.717, 1.165) is 5.75 Å². The zero-order valence-corrected chi connectivity index (χ0v) is 6.60. The van der Waals surface area contributed by atoms with Gasteiger partial charge in [0, 0.05) is 12.1 Å². The molecule has 0 saturated carbocycles. The van der Waals surface area contributed by atoms with Gasteiger partial charge in [-0.1, -0.05) is 24.3 Å². The summed E-state index contributed by atoms with van der Waals surface area (Å²) in [7, 11) is 0. The van der Waals surface area contributed by atoms with Gasteiger partial charge in [-0.2, -0.15) is 0 Å². The van der Waals surface area contributed by atoms with Crippen LogP contribution in [-0.2, 0) is 0 Å². The molecule has 1 heterocycles. The first-order valence-corrected chi connectivity index (χ1v) is 3.61. The molecule has 1 aromatic rings. The number of rotatable bonds is 0. The maximum atomic E-state index is 6.50. The molecule has 0 unspecified atom stereocenters. The lowest BCUT2D eigenvalue weighted by molar-refractivity contribution is 0.358. The largest absolute Gasteiger partial charge is 0.489 e. The van der Waals surface area contributed by atoms with Crippen molar-refractivity contribution < 1.29 is 4.74 Å². The molecular formula is C10H9NO. The molecule has 0 atom stereocenters. The van der Waals surface area contributed by atoms with E-state index in [9.17, 15) is 0 Å². The Balaban J connectivity index is 0.000000336. The second-order valence-corrected chi connectivity index (χ2v) is 2.25. The van der Waals surface area contributed by atoms with Gasteiger partial charge in [0.15, 0.2) is 0 Å². The van der Waals surface area contributed by atoms with Crippen molar-refractivity contribution in [1.82, 2.24) is 0 Å². The van der Waals surface area contributed by atoms with Gasteiger partial charge in [0.2, 0.25) is 0 Å². The van der Waals surface area contributed by atoms with Crippen LogP contribution in [0.4, 0.5) is 0 Å². The Hall–Kier alpha value is -1.75. The summed E-state index contributed by atoms with van der Waals surface area (Å²) in [4.78, 5) is 0. The molecular weight excluding hydrogens is 150 g/mol. The summed E-state index contributed by atoms with van der Waals surface area (Å²) in [5.74, 6) is 0.991. The molecule has 0 saturated heterocycles. The minimum atomic E-state index is 0.705. The number of ether oxygens (including phenoxy) is 1. The molecule has 0 radical (unpaired) electrons. The summed E-state index contributed by atoms with van der Waals surface area (Å²) in [6.45, 7) is 4.21. The fourth-order valence-electron chi connectivity index (χ4n) is 1.06. The first-order valence-electron chi connectivity index (χ1n) is 3.61. The van der Waals surface area contributed by atoms with E-state index in [4.69, 9.17) is 10.00 Å². The Bertz CT molecular complexity index is 302. The summed E-state index contributed by atoms with van der Waals surface area (Å²) in [6, 6.07) is 8.03. The quantitative estimate of drug-likeness (QED) is 0.581. The summed E-state index contributed by atoms with van der Waals surface area (Å²) in [5, 5.41) is 6.50. The van der Waals surface area contributed by atoms with Crippen LogP contribution in [0, 0.1) is 11.8 Å². The lowest BCUT2D eigenvalue weighted by Gasteiger charge is -2.10. The van der Waals surface area contributed by atoms with E-state index in [1.807, 2.05) is 30.3 Å². The van der Waals surface area contributed by atoms with Gasteiger partial charge >= 0.3 is 0 Å². The average molecular weight is 159 g/mol. The molecule has 0 bridgehead atoms. The molecule has 12 heavy (non-hydrogen) atoms. The van der Waals surface area contributed by atoms with Crippen molar-refractivity contribution in [2.45, 2.75) is 0 Å². The lowest BCUT2D eigenvalue weighted by Crippen LogP contribution is -1.98. The SMILES string of the molecule is C#N.C1=Cc2ccccc2OC1. The van der Waals surface area contributed by atoms with E-state index in [1.165, 1.54) is 5.56 Å². The topological polar surface area (TPSA) is 33.0 Å². The van der Waals surface area contributed by atoms with Gasteiger partial charge < -0.3 is 4.74 Å². The van der Waals surface area contributed by atoms with Crippen LogP contribution < -0.4 is 4.74 Å². The molecule has 0 aliphatic carbocycles. The van der Waals surface area contributed by atoms with Crippen LogP contribution in [0.1, 0.15) is 5.56 Å². The monoisotopic (exact) mass is 159 g/mol. The Labute approximate surface area is 71.7 Å². The predicted octanol–water partition coefficient (Wildman–Crippen LogP) is 2.23. The van der Waals surface area contributed by atoms with E-state index in [2.05, 4.69) is 12.6 Å². The maximum absolute atomic E-state index is 6.50. The van der Waals surface area contributed by atoms with Crippen molar-refractivity contribution in [2.75, 3.05) is 6.61 Å². The molecule has 2 heteroatoms. The van der Waals surface area contributed by atoms with E-state index in [-0.39, 0.29) is 0 Å². The summed E-state index contributed by atoms with van der Waals surface area (Å²) in [5.41, 5.74) is 1.17. The normalized spacial score (nSPS) is 11.8. The lowest BCUT2D eigenvalue weighted by atomic mass is 10.1. The molecule has 1 aliphatic rings. The van der Waals surface area contributed by atoms with Gasteiger partial charge in [-0.15, -0.1) is 0 Å². The van der Waals surface area contributed by atoms with Gasteiger partial charge in [0.1, 0.15) is 12.4 Å². The molecule has 2 nitrogen and oxygen atoms in total. The third kappa shape index (κ3) is 1.64. The zero-order chi connectivity index (χ0) is 8.81. The Morgan fingerprint density at radius 2 is 2.00 bits per heavy atom. The molecule has 0 amide bonds. The van der Waals surface area contributed by atoms with Crippen LogP contribution >= 0.6 is 0 Å². The van der Waals surface area contributed by atoms with Gasteiger partial charge in [-0.05, 0) is 12.1 Å². The molecule has 0 N–H and O–H groups in total.